The summed E-state index contributed by atoms with van der Waals surface area (Å²) in [6, 6.07) is 2.18. The van der Waals surface area contributed by atoms with Crippen molar-refractivity contribution < 1.29 is 4.74 Å². The van der Waals surface area contributed by atoms with Gasteiger partial charge in [0.05, 0.1) is 12.0 Å². The van der Waals surface area contributed by atoms with E-state index in [-0.39, 0.29) is 0 Å². The van der Waals surface area contributed by atoms with Gasteiger partial charge in [0, 0.05) is 25.6 Å². The third-order valence-corrected chi connectivity index (χ3v) is 4.26. The number of aromatic nitrogens is 2. The van der Waals surface area contributed by atoms with Gasteiger partial charge in [-0.3, -0.25) is 0 Å². The largest absolute Gasteiger partial charge is 0.384 e. The van der Waals surface area contributed by atoms with Crippen LogP contribution in [0.1, 0.15) is 18.7 Å². The molecule has 0 aliphatic rings. The van der Waals surface area contributed by atoms with E-state index in [0.29, 0.717) is 11.9 Å². The highest BCUT2D eigenvalue weighted by Gasteiger charge is 2.11. The normalized spacial score (nSPS) is 12.6. The maximum absolute atomic E-state index is 5.16. The van der Waals surface area contributed by atoms with Crippen LogP contribution in [0.5, 0.6) is 0 Å². The van der Waals surface area contributed by atoms with Crippen LogP contribution < -0.4 is 10.6 Å². The second-order valence-corrected chi connectivity index (χ2v) is 5.99. The molecule has 0 spiro atoms. The zero-order valence-corrected chi connectivity index (χ0v) is 13.3. The Morgan fingerprint density at radius 3 is 2.85 bits per heavy atom. The van der Waals surface area contributed by atoms with E-state index in [0.717, 1.165) is 35.6 Å². The van der Waals surface area contributed by atoms with Crippen molar-refractivity contribution in [1.82, 2.24) is 9.97 Å². The molecule has 110 valence electrons. The van der Waals surface area contributed by atoms with Gasteiger partial charge in [-0.1, -0.05) is 13.8 Å². The maximum atomic E-state index is 5.16. The SMILES string of the molecule is CCc1cc2c(NCC(C)COC)nc(NC)nc2s1. The van der Waals surface area contributed by atoms with Crippen molar-refractivity contribution in [2.75, 3.05) is 37.9 Å². The number of fused-ring (bicyclic) bond motifs is 1. The summed E-state index contributed by atoms with van der Waals surface area (Å²) in [6.07, 6.45) is 1.02. The first-order chi connectivity index (χ1) is 9.67. The monoisotopic (exact) mass is 294 g/mol. The summed E-state index contributed by atoms with van der Waals surface area (Å²) in [4.78, 5) is 11.4. The summed E-state index contributed by atoms with van der Waals surface area (Å²) >= 11 is 1.73. The zero-order chi connectivity index (χ0) is 14.5. The van der Waals surface area contributed by atoms with Crippen molar-refractivity contribution in [3.05, 3.63) is 10.9 Å². The summed E-state index contributed by atoms with van der Waals surface area (Å²) in [5.41, 5.74) is 0. The lowest BCUT2D eigenvalue weighted by molar-refractivity contribution is 0.164. The number of aryl methyl sites for hydroxylation is 1. The molecule has 0 aliphatic heterocycles. The van der Waals surface area contributed by atoms with Crippen molar-refractivity contribution in [3.63, 3.8) is 0 Å². The maximum Gasteiger partial charge on any atom is 0.225 e. The van der Waals surface area contributed by atoms with E-state index in [1.54, 1.807) is 18.4 Å². The molecule has 2 aromatic rings. The van der Waals surface area contributed by atoms with Crippen LogP contribution in [0.15, 0.2) is 6.07 Å². The van der Waals surface area contributed by atoms with E-state index in [1.807, 2.05) is 7.05 Å². The third-order valence-electron chi connectivity index (χ3n) is 3.08. The Kier molecular flexibility index (Phi) is 5.14. The first kappa shape index (κ1) is 15.0. The number of nitrogens with one attached hydrogen (secondary N) is 2. The highest BCUT2D eigenvalue weighted by molar-refractivity contribution is 7.18. The summed E-state index contributed by atoms with van der Waals surface area (Å²) in [6.45, 7) is 5.88. The van der Waals surface area contributed by atoms with Crippen LogP contribution in [0.2, 0.25) is 0 Å². The molecule has 0 saturated heterocycles. The molecule has 0 saturated carbocycles. The van der Waals surface area contributed by atoms with E-state index in [9.17, 15) is 0 Å². The topological polar surface area (TPSA) is 59.1 Å². The predicted octanol–water partition coefficient (Wildman–Crippen LogP) is 2.99. The van der Waals surface area contributed by atoms with Gasteiger partial charge in [0.1, 0.15) is 10.6 Å². The van der Waals surface area contributed by atoms with Crippen LogP contribution in [0, 0.1) is 5.92 Å². The Hall–Kier alpha value is -1.40. The van der Waals surface area contributed by atoms with Crippen LogP contribution in [0.3, 0.4) is 0 Å². The van der Waals surface area contributed by atoms with Crippen LogP contribution in [0.25, 0.3) is 10.2 Å². The number of rotatable bonds is 7. The number of methoxy groups -OCH3 is 1. The molecule has 2 aromatic heterocycles. The number of anilines is 2. The summed E-state index contributed by atoms with van der Waals surface area (Å²) in [5, 5.41) is 7.55. The lowest BCUT2D eigenvalue weighted by atomic mass is 10.2. The van der Waals surface area contributed by atoms with Gasteiger partial charge in [0.2, 0.25) is 5.95 Å². The van der Waals surface area contributed by atoms with Crippen molar-refractivity contribution >= 4 is 33.3 Å². The van der Waals surface area contributed by atoms with Gasteiger partial charge in [0.15, 0.2) is 0 Å². The molecule has 2 heterocycles. The van der Waals surface area contributed by atoms with E-state index in [1.165, 1.54) is 4.88 Å². The number of ether oxygens (including phenoxy) is 1. The molecule has 0 radical (unpaired) electrons. The van der Waals surface area contributed by atoms with E-state index < -0.39 is 0 Å². The van der Waals surface area contributed by atoms with Gasteiger partial charge in [-0.25, -0.2) is 4.98 Å². The lowest BCUT2D eigenvalue weighted by Gasteiger charge is -2.13. The molecule has 20 heavy (non-hydrogen) atoms. The van der Waals surface area contributed by atoms with Crippen LogP contribution in [-0.2, 0) is 11.2 Å². The highest BCUT2D eigenvalue weighted by Crippen LogP contribution is 2.30. The molecular formula is C14H22N4OS. The molecule has 0 amide bonds. The molecule has 0 bridgehead atoms. The Bertz CT molecular complexity index is 570. The Labute approximate surface area is 123 Å². The fourth-order valence-corrected chi connectivity index (χ4v) is 2.97. The van der Waals surface area contributed by atoms with Crippen molar-refractivity contribution in [2.45, 2.75) is 20.3 Å². The molecular weight excluding hydrogens is 272 g/mol. The average molecular weight is 294 g/mol. The van der Waals surface area contributed by atoms with Crippen molar-refractivity contribution in [2.24, 2.45) is 5.92 Å². The Morgan fingerprint density at radius 1 is 1.40 bits per heavy atom. The van der Waals surface area contributed by atoms with Gasteiger partial charge < -0.3 is 15.4 Å². The van der Waals surface area contributed by atoms with Crippen LogP contribution in [0.4, 0.5) is 11.8 Å². The van der Waals surface area contributed by atoms with Crippen molar-refractivity contribution in [1.29, 1.82) is 0 Å². The van der Waals surface area contributed by atoms with E-state index in [2.05, 4.69) is 40.5 Å². The molecule has 2 rings (SSSR count). The summed E-state index contributed by atoms with van der Waals surface area (Å²) in [5.74, 6) is 1.99. The third kappa shape index (κ3) is 3.37. The molecule has 1 unspecified atom stereocenters. The van der Waals surface area contributed by atoms with Crippen molar-refractivity contribution in [3.8, 4) is 0 Å². The predicted molar refractivity (Wildman–Crippen MR) is 85.9 cm³/mol. The van der Waals surface area contributed by atoms with Crippen LogP contribution >= 0.6 is 11.3 Å². The number of thiophene rings is 1. The minimum atomic E-state index is 0.437. The Balaban J connectivity index is 2.27. The molecule has 2 N–H and O–H groups in total. The molecule has 1 atom stereocenters. The average Bonchev–Trinajstić information content (AvgIpc) is 2.87. The van der Waals surface area contributed by atoms with Gasteiger partial charge >= 0.3 is 0 Å². The summed E-state index contributed by atoms with van der Waals surface area (Å²) in [7, 11) is 3.57. The molecule has 0 aliphatic carbocycles. The quantitative estimate of drug-likeness (QED) is 0.822. The van der Waals surface area contributed by atoms with Crippen LogP contribution in [-0.4, -0.2) is 37.3 Å². The molecule has 0 aromatic carbocycles. The van der Waals surface area contributed by atoms with Gasteiger partial charge in [0.25, 0.3) is 0 Å². The first-order valence-corrected chi connectivity index (χ1v) is 7.70. The second kappa shape index (κ2) is 6.85. The fourth-order valence-electron chi connectivity index (χ4n) is 2.01. The minimum Gasteiger partial charge on any atom is -0.384 e. The number of hydrogen-bond acceptors (Lipinski definition) is 6. The lowest BCUT2D eigenvalue weighted by Crippen LogP contribution is -2.17. The van der Waals surface area contributed by atoms with E-state index >= 15 is 0 Å². The van der Waals surface area contributed by atoms with Gasteiger partial charge in [-0.2, -0.15) is 4.98 Å². The van der Waals surface area contributed by atoms with E-state index in [4.69, 9.17) is 4.74 Å². The van der Waals surface area contributed by atoms with Gasteiger partial charge in [-0.05, 0) is 18.4 Å². The molecule has 5 nitrogen and oxygen atoms in total. The zero-order valence-electron chi connectivity index (χ0n) is 12.5. The highest BCUT2D eigenvalue weighted by atomic mass is 32.1. The molecule has 6 heteroatoms. The molecule has 0 fully saturated rings. The summed E-state index contributed by atoms with van der Waals surface area (Å²) < 4.78 is 5.16. The Morgan fingerprint density at radius 2 is 2.20 bits per heavy atom. The second-order valence-electron chi connectivity index (χ2n) is 4.87. The number of nitrogens with zero attached hydrogens (tertiary/aromatic N) is 2. The first-order valence-electron chi connectivity index (χ1n) is 6.89. The number of hydrogen-bond donors (Lipinski definition) is 2. The smallest absolute Gasteiger partial charge is 0.225 e. The fraction of sp³-hybridized carbons (Fsp3) is 0.571. The minimum absolute atomic E-state index is 0.437. The standard InChI is InChI=1S/C14H22N4OS/c1-5-10-6-11-12(16-7-9(2)8-19-4)17-14(15-3)18-13(11)20-10/h6,9H,5,7-8H2,1-4H3,(H2,15,16,17,18). The van der Waals surface area contributed by atoms with Gasteiger partial charge in [-0.15, -0.1) is 11.3 Å².